The van der Waals surface area contributed by atoms with Crippen molar-refractivity contribution in [2.45, 2.75) is 13.0 Å². The van der Waals surface area contributed by atoms with Gasteiger partial charge in [0.1, 0.15) is 5.75 Å². The first-order valence-electron chi connectivity index (χ1n) is 7.25. The highest BCUT2D eigenvalue weighted by molar-refractivity contribution is 6.01. The number of hydrogen-bond donors (Lipinski definition) is 1. The number of hydrogen-bond acceptors (Lipinski definition) is 5. The number of amides is 1. The van der Waals surface area contributed by atoms with Crippen molar-refractivity contribution in [2.24, 2.45) is 5.73 Å². The Balaban J connectivity index is 2.27. The maximum Gasteiger partial charge on any atom is 0.303 e. The van der Waals surface area contributed by atoms with Crippen molar-refractivity contribution in [3.63, 3.8) is 0 Å². The first-order chi connectivity index (χ1) is 11.5. The van der Waals surface area contributed by atoms with Crippen molar-refractivity contribution in [2.75, 3.05) is 6.61 Å². The minimum atomic E-state index is -1.05. The molecule has 0 aliphatic rings. The highest BCUT2D eigenvalue weighted by Gasteiger charge is 2.25. The topological polar surface area (TPSA) is 95.7 Å². The summed E-state index contributed by atoms with van der Waals surface area (Å²) in [6.07, 6.45) is -1.05. The average molecular weight is 327 g/mol. The fourth-order valence-electron chi connectivity index (χ4n) is 2.11. The SMILES string of the molecule is CC(=O)OC(C(=O)c1cccc(OCC(N)=O)c1)c1ccccc1. The average Bonchev–Trinajstić information content (AvgIpc) is 2.58. The van der Waals surface area contributed by atoms with Gasteiger partial charge in [-0.15, -0.1) is 0 Å². The van der Waals surface area contributed by atoms with E-state index in [1.165, 1.54) is 13.0 Å². The Hall–Kier alpha value is -3.15. The Morgan fingerprint density at radius 3 is 2.38 bits per heavy atom. The van der Waals surface area contributed by atoms with Crippen molar-refractivity contribution >= 4 is 17.7 Å². The summed E-state index contributed by atoms with van der Waals surface area (Å²) in [5.41, 5.74) is 5.90. The number of esters is 1. The number of primary amides is 1. The fourth-order valence-corrected chi connectivity index (χ4v) is 2.11. The molecular formula is C18H17NO5. The fraction of sp³-hybridized carbons (Fsp3) is 0.167. The Labute approximate surface area is 139 Å². The zero-order valence-electron chi connectivity index (χ0n) is 13.1. The van der Waals surface area contributed by atoms with Gasteiger partial charge in [0.25, 0.3) is 5.91 Å². The third-order valence-electron chi connectivity index (χ3n) is 3.12. The summed E-state index contributed by atoms with van der Waals surface area (Å²) in [7, 11) is 0. The summed E-state index contributed by atoms with van der Waals surface area (Å²) >= 11 is 0. The monoisotopic (exact) mass is 327 g/mol. The highest BCUT2D eigenvalue weighted by Crippen LogP contribution is 2.24. The van der Waals surface area contributed by atoms with Crippen LogP contribution in [0.3, 0.4) is 0 Å². The zero-order chi connectivity index (χ0) is 17.5. The normalized spacial score (nSPS) is 11.4. The van der Waals surface area contributed by atoms with E-state index >= 15 is 0 Å². The Morgan fingerprint density at radius 1 is 1.04 bits per heavy atom. The van der Waals surface area contributed by atoms with E-state index in [-0.39, 0.29) is 12.4 Å². The van der Waals surface area contributed by atoms with Crippen molar-refractivity contribution < 1.29 is 23.9 Å². The van der Waals surface area contributed by atoms with E-state index in [2.05, 4.69) is 0 Å². The summed E-state index contributed by atoms with van der Waals surface area (Å²) < 4.78 is 10.4. The second kappa shape index (κ2) is 7.92. The standard InChI is InChI=1S/C18H17NO5/c1-12(20)24-18(13-6-3-2-4-7-13)17(22)14-8-5-9-15(10-14)23-11-16(19)21/h2-10,18H,11H2,1H3,(H2,19,21). The largest absolute Gasteiger partial charge is 0.484 e. The maximum absolute atomic E-state index is 12.7. The van der Waals surface area contributed by atoms with E-state index in [1.807, 2.05) is 0 Å². The molecule has 2 aromatic carbocycles. The summed E-state index contributed by atoms with van der Waals surface area (Å²) in [5, 5.41) is 0. The molecule has 0 saturated carbocycles. The van der Waals surface area contributed by atoms with Crippen LogP contribution in [0.5, 0.6) is 5.75 Å². The molecule has 6 heteroatoms. The van der Waals surface area contributed by atoms with Crippen molar-refractivity contribution in [3.8, 4) is 5.75 Å². The number of rotatable bonds is 7. The van der Waals surface area contributed by atoms with Gasteiger partial charge in [-0.25, -0.2) is 0 Å². The first-order valence-corrected chi connectivity index (χ1v) is 7.25. The molecule has 0 aliphatic heterocycles. The van der Waals surface area contributed by atoms with E-state index in [0.29, 0.717) is 16.9 Å². The van der Waals surface area contributed by atoms with Crippen LogP contribution in [0.1, 0.15) is 28.9 Å². The lowest BCUT2D eigenvalue weighted by atomic mass is 9.99. The number of benzene rings is 2. The van der Waals surface area contributed by atoms with Gasteiger partial charge in [-0.2, -0.15) is 0 Å². The van der Waals surface area contributed by atoms with E-state index in [9.17, 15) is 14.4 Å². The maximum atomic E-state index is 12.7. The molecule has 0 saturated heterocycles. The molecule has 0 aliphatic carbocycles. The van der Waals surface area contributed by atoms with Gasteiger partial charge in [0, 0.05) is 18.1 Å². The minimum Gasteiger partial charge on any atom is -0.484 e. The Morgan fingerprint density at radius 2 is 1.75 bits per heavy atom. The van der Waals surface area contributed by atoms with E-state index < -0.39 is 18.0 Å². The number of ketones is 1. The summed E-state index contributed by atoms with van der Waals surface area (Å²) in [4.78, 5) is 34.9. The molecule has 1 atom stereocenters. The number of carbonyl (C=O) groups is 3. The van der Waals surface area contributed by atoms with Crippen molar-refractivity contribution in [1.82, 2.24) is 0 Å². The van der Waals surface area contributed by atoms with E-state index in [0.717, 1.165) is 0 Å². The molecule has 2 aromatic rings. The predicted molar refractivity (Wildman–Crippen MR) is 86.4 cm³/mol. The van der Waals surface area contributed by atoms with E-state index in [1.54, 1.807) is 48.5 Å². The smallest absolute Gasteiger partial charge is 0.303 e. The van der Waals surface area contributed by atoms with Crippen LogP contribution in [-0.2, 0) is 14.3 Å². The van der Waals surface area contributed by atoms with Crippen molar-refractivity contribution in [1.29, 1.82) is 0 Å². The summed E-state index contributed by atoms with van der Waals surface area (Å²) in [5.74, 6) is -1.23. The number of nitrogens with two attached hydrogens (primary N) is 1. The van der Waals surface area contributed by atoms with E-state index in [4.69, 9.17) is 15.2 Å². The lowest BCUT2D eigenvalue weighted by Gasteiger charge is -2.16. The van der Waals surface area contributed by atoms with Gasteiger partial charge >= 0.3 is 5.97 Å². The lowest BCUT2D eigenvalue weighted by Crippen LogP contribution is -2.21. The molecule has 0 fully saturated rings. The van der Waals surface area contributed by atoms with Crippen LogP contribution < -0.4 is 10.5 Å². The molecule has 0 heterocycles. The molecule has 0 radical (unpaired) electrons. The van der Waals surface area contributed by atoms with Crippen LogP contribution in [-0.4, -0.2) is 24.3 Å². The van der Waals surface area contributed by atoms with Gasteiger partial charge < -0.3 is 15.2 Å². The summed E-state index contributed by atoms with van der Waals surface area (Å²) in [6.45, 7) is 0.958. The second-order valence-electron chi connectivity index (χ2n) is 5.05. The molecule has 6 nitrogen and oxygen atoms in total. The molecule has 24 heavy (non-hydrogen) atoms. The molecule has 1 amide bonds. The third kappa shape index (κ3) is 4.67. The number of Topliss-reactive ketones (excluding diaryl/α,β-unsaturated/α-hetero) is 1. The Kier molecular flexibility index (Phi) is 5.68. The van der Waals surface area contributed by atoms with Gasteiger partial charge in [0.05, 0.1) is 0 Å². The molecule has 2 rings (SSSR count). The molecular weight excluding hydrogens is 310 g/mol. The number of carbonyl (C=O) groups excluding carboxylic acids is 3. The quantitative estimate of drug-likeness (QED) is 0.620. The Bertz CT molecular complexity index is 742. The van der Waals surface area contributed by atoms with Crippen LogP contribution in [0.2, 0.25) is 0 Å². The van der Waals surface area contributed by atoms with Gasteiger partial charge in [-0.1, -0.05) is 42.5 Å². The molecule has 124 valence electrons. The van der Waals surface area contributed by atoms with Gasteiger partial charge in [0.15, 0.2) is 12.7 Å². The number of ether oxygens (including phenoxy) is 2. The van der Waals surface area contributed by atoms with Gasteiger partial charge in [-0.05, 0) is 12.1 Å². The minimum absolute atomic E-state index is 0.288. The first kappa shape index (κ1) is 17.2. The van der Waals surface area contributed by atoms with Crippen LogP contribution >= 0.6 is 0 Å². The molecule has 2 N–H and O–H groups in total. The van der Waals surface area contributed by atoms with Crippen LogP contribution in [0, 0.1) is 0 Å². The highest BCUT2D eigenvalue weighted by atomic mass is 16.5. The van der Waals surface area contributed by atoms with Gasteiger partial charge in [-0.3, -0.25) is 14.4 Å². The molecule has 0 spiro atoms. The molecule has 0 bridgehead atoms. The van der Waals surface area contributed by atoms with Gasteiger partial charge in [0.2, 0.25) is 5.78 Å². The molecule has 1 unspecified atom stereocenters. The second-order valence-corrected chi connectivity index (χ2v) is 5.05. The third-order valence-corrected chi connectivity index (χ3v) is 3.12. The lowest BCUT2D eigenvalue weighted by molar-refractivity contribution is -0.144. The van der Waals surface area contributed by atoms with Crippen LogP contribution in [0.4, 0.5) is 0 Å². The molecule has 0 aromatic heterocycles. The summed E-state index contributed by atoms with van der Waals surface area (Å²) in [6, 6.07) is 15.0. The van der Waals surface area contributed by atoms with Crippen molar-refractivity contribution in [3.05, 3.63) is 65.7 Å². The zero-order valence-corrected chi connectivity index (χ0v) is 13.1. The predicted octanol–water partition coefficient (Wildman–Crippen LogP) is 2.04. The van der Waals surface area contributed by atoms with Crippen LogP contribution in [0.25, 0.3) is 0 Å². The van der Waals surface area contributed by atoms with Crippen LogP contribution in [0.15, 0.2) is 54.6 Å².